The Balaban J connectivity index is 4.69. The molecule has 278 valence electrons. The van der Waals surface area contributed by atoms with Gasteiger partial charge in [-0.3, -0.25) is 38.4 Å². The molecule has 0 heterocycles. The van der Waals surface area contributed by atoms with Crippen LogP contribution in [0.1, 0.15) is 27.7 Å². The average molecular weight is 708 g/mol. The summed E-state index contributed by atoms with van der Waals surface area (Å²) < 4.78 is 0. The highest BCUT2D eigenvalue weighted by molar-refractivity contribution is 5.95. The lowest BCUT2D eigenvalue weighted by molar-refractivity contribution is -0.144. The molecule has 0 aliphatic carbocycles. The van der Waals surface area contributed by atoms with E-state index in [-0.39, 0.29) is 0 Å². The maximum atomic E-state index is 12.4. The minimum atomic E-state index is -1.65. The molecular formula is C26H45N9O14. The van der Waals surface area contributed by atoms with Gasteiger partial charge in [-0.25, -0.2) is 4.79 Å². The molecule has 0 rings (SSSR count). The van der Waals surface area contributed by atoms with Gasteiger partial charge in [0.05, 0.1) is 57.1 Å². The van der Waals surface area contributed by atoms with Crippen LogP contribution in [0.4, 0.5) is 0 Å². The lowest BCUT2D eigenvalue weighted by Gasteiger charge is -2.22. The zero-order valence-electron chi connectivity index (χ0n) is 27.1. The first kappa shape index (κ1) is 44.0. The molecule has 23 heteroatoms. The van der Waals surface area contributed by atoms with Gasteiger partial charge in [-0.15, -0.1) is 0 Å². The van der Waals surface area contributed by atoms with Crippen molar-refractivity contribution in [3.05, 3.63) is 0 Å². The molecule has 0 spiro atoms. The molecule has 15 N–H and O–H groups in total. The smallest absolute Gasteiger partial charge is 0.328 e. The highest BCUT2D eigenvalue weighted by Crippen LogP contribution is 1.96. The van der Waals surface area contributed by atoms with Crippen molar-refractivity contribution in [2.24, 2.45) is 5.73 Å². The van der Waals surface area contributed by atoms with E-state index in [1.54, 1.807) is 0 Å². The summed E-state index contributed by atoms with van der Waals surface area (Å²) >= 11 is 0. The number of carbonyl (C=O) groups is 9. The second-order valence-electron chi connectivity index (χ2n) is 10.7. The van der Waals surface area contributed by atoms with Gasteiger partial charge in [0.2, 0.25) is 47.3 Å². The van der Waals surface area contributed by atoms with E-state index in [0.29, 0.717) is 0 Å². The lowest BCUT2D eigenvalue weighted by atomic mass is 10.1. The summed E-state index contributed by atoms with van der Waals surface area (Å²) in [6, 6.07) is -6.11. The zero-order valence-corrected chi connectivity index (χ0v) is 27.1. The predicted octanol–water partition coefficient (Wildman–Crippen LogP) is -9.04. The molecule has 8 amide bonds. The van der Waals surface area contributed by atoms with Crippen LogP contribution < -0.4 is 48.3 Å². The number of nitrogens with one attached hydrogen (secondary N) is 8. The maximum absolute atomic E-state index is 12.4. The van der Waals surface area contributed by atoms with Crippen molar-refractivity contribution in [1.82, 2.24) is 42.5 Å². The van der Waals surface area contributed by atoms with E-state index < -0.39 is 135 Å². The monoisotopic (exact) mass is 707 g/mol. The normalized spacial score (nSPS) is 15.6. The molecule has 0 radical (unpaired) electrons. The Morgan fingerprint density at radius 1 is 0.449 bits per heavy atom. The van der Waals surface area contributed by atoms with Crippen molar-refractivity contribution in [3.63, 3.8) is 0 Å². The first-order valence-corrected chi connectivity index (χ1v) is 14.6. The van der Waals surface area contributed by atoms with Crippen molar-refractivity contribution >= 4 is 53.2 Å². The molecule has 0 bridgehead atoms. The number of nitrogens with two attached hydrogens (primary N) is 1. The topological polar surface area (TPSA) is 377 Å². The van der Waals surface area contributed by atoms with Crippen molar-refractivity contribution < 1.29 is 68.7 Å². The number of carboxylic acids is 1. The molecule has 0 unspecified atom stereocenters. The minimum Gasteiger partial charge on any atom is -0.480 e. The fourth-order valence-corrected chi connectivity index (χ4v) is 3.41. The number of carbonyl (C=O) groups excluding carboxylic acids is 8. The molecule has 23 nitrogen and oxygen atoms in total. The number of aliphatic hydroxyl groups is 4. The summed E-state index contributed by atoms with van der Waals surface area (Å²) in [4.78, 5) is 108. The summed E-state index contributed by atoms with van der Waals surface area (Å²) in [5.74, 6) is -9.02. The van der Waals surface area contributed by atoms with Crippen LogP contribution in [-0.2, 0) is 43.2 Å². The van der Waals surface area contributed by atoms with Crippen LogP contribution in [0.5, 0.6) is 0 Å². The predicted molar refractivity (Wildman–Crippen MR) is 163 cm³/mol. The molecule has 0 aromatic rings. The number of carboxylic acid groups (broad SMARTS) is 1. The van der Waals surface area contributed by atoms with E-state index >= 15 is 0 Å². The molecule has 0 aliphatic heterocycles. The molecule has 0 fully saturated rings. The second-order valence-corrected chi connectivity index (χ2v) is 10.7. The molecule has 0 aromatic heterocycles. The van der Waals surface area contributed by atoms with E-state index in [1.807, 2.05) is 5.32 Å². The Morgan fingerprint density at radius 3 is 1.06 bits per heavy atom. The van der Waals surface area contributed by atoms with Crippen molar-refractivity contribution in [3.8, 4) is 0 Å². The average Bonchev–Trinajstić information content (AvgIpc) is 3.01. The Hall–Kier alpha value is -4.97. The number of aliphatic carboxylic acids is 1. The van der Waals surface area contributed by atoms with Gasteiger partial charge < -0.3 is 73.8 Å². The fourth-order valence-electron chi connectivity index (χ4n) is 3.41. The maximum Gasteiger partial charge on any atom is 0.328 e. The molecular weight excluding hydrogens is 662 g/mol. The molecule has 0 aliphatic rings. The largest absolute Gasteiger partial charge is 0.480 e. The highest BCUT2D eigenvalue weighted by atomic mass is 16.4. The number of rotatable bonds is 21. The van der Waals surface area contributed by atoms with Gasteiger partial charge >= 0.3 is 5.97 Å². The Kier molecular flexibility index (Phi) is 19.6. The summed E-state index contributed by atoms with van der Waals surface area (Å²) in [6.07, 6.45) is -5.56. The molecule has 49 heavy (non-hydrogen) atoms. The Bertz CT molecular complexity index is 1210. The number of aliphatic hydroxyl groups excluding tert-OH is 4. The standard InChI is InChI=1S/C26H45N9O14/c1-10(36)19(27)23(45)30-8-17(43)34-20(11(2)37)24(46)31-6-15(41)28-5-14(40)29-7-16(42)33-21(12(3)38)25(47)32-9-18(44)35-22(13(4)39)26(48)49/h10-13,19-22,36-39H,5-9,27H2,1-4H3,(H,28,41)(H,29,40)(H,30,45)(H,31,46)(H,32,47)(H,33,42)(H,34,43)(H,35,44)(H,48,49)/t10-,11-,12-,13-,19+,20+,21+,22+/m1/s1. The van der Waals surface area contributed by atoms with Gasteiger partial charge in [-0.2, -0.15) is 0 Å². The van der Waals surface area contributed by atoms with Crippen LogP contribution in [-0.4, -0.2) is 160 Å². The summed E-state index contributed by atoms with van der Waals surface area (Å²) in [5.41, 5.74) is 5.43. The number of hydrogen-bond acceptors (Lipinski definition) is 14. The third-order valence-corrected chi connectivity index (χ3v) is 6.21. The SMILES string of the molecule is C[C@@H](O)[C@H](N)C(=O)NCC(=O)N[C@H](C(=O)NCC(=O)NCC(=O)NCC(=O)N[C@H](C(=O)NCC(=O)N[C@H](C(=O)O)[C@@H](C)O)[C@@H](C)O)[C@@H](C)O. The molecule has 0 saturated heterocycles. The first-order valence-electron chi connectivity index (χ1n) is 14.6. The Morgan fingerprint density at radius 2 is 0.735 bits per heavy atom. The van der Waals surface area contributed by atoms with Crippen molar-refractivity contribution in [2.45, 2.75) is 76.3 Å². The van der Waals surface area contributed by atoms with E-state index in [2.05, 4.69) is 37.2 Å². The van der Waals surface area contributed by atoms with Gasteiger partial charge in [0.25, 0.3) is 0 Å². The summed E-state index contributed by atoms with van der Waals surface area (Å²) in [5, 5.41) is 64.3. The highest BCUT2D eigenvalue weighted by Gasteiger charge is 2.29. The fraction of sp³-hybridized carbons (Fsp3) is 0.654. The van der Waals surface area contributed by atoms with E-state index in [4.69, 9.17) is 10.8 Å². The first-order chi connectivity index (χ1) is 22.7. The van der Waals surface area contributed by atoms with Crippen LogP contribution in [0.25, 0.3) is 0 Å². The van der Waals surface area contributed by atoms with Gasteiger partial charge in [-0.1, -0.05) is 0 Å². The van der Waals surface area contributed by atoms with E-state index in [9.17, 15) is 63.6 Å². The van der Waals surface area contributed by atoms with Crippen LogP contribution in [0.2, 0.25) is 0 Å². The summed E-state index contributed by atoms with van der Waals surface area (Å²) in [7, 11) is 0. The number of hydrogen-bond donors (Lipinski definition) is 14. The van der Waals surface area contributed by atoms with Gasteiger partial charge in [0.15, 0.2) is 6.04 Å². The van der Waals surface area contributed by atoms with E-state index in [0.717, 1.165) is 13.8 Å². The van der Waals surface area contributed by atoms with Crippen LogP contribution in [0, 0.1) is 0 Å². The van der Waals surface area contributed by atoms with Crippen molar-refractivity contribution in [1.29, 1.82) is 0 Å². The zero-order chi connectivity index (χ0) is 38.0. The molecule has 8 atom stereocenters. The minimum absolute atomic E-state index is 0.642. The molecule has 0 saturated carbocycles. The third-order valence-electron chi connectivity index (χ3n) is 6.21. The molecule has 0 aromatic carbocycles. The lowest BCUT2D eigenvalue weighted by Crippen LogP contribution is -2.57. The van der Waals surface area contributed by atoms with Crippen LogP contribution in [0.3, 0.4) is 0 Å². The van der Waals surface area contributed by atoms with E-state index in [1.165, 1.54) is 13.8 Å². The number of amides is 8. The van der Waals surface area contributed by atoms with Gasteiger partial charge in [0, 0.05) is 0 Å². The van der Waals surface area contributed by atoms with Crippen LogP contribution >= 0.6 is 0 Å². The van der Waals surface area contributed by atoms with Gasteiger partial charge in [0.1, 0.15) is 18.1 Å². The van der Waals surface area contributed by atoms with Gasteiger partial charge in [-0.05, 0) is 27.7 Å². The van der Waals surface area contributed by atoms with Crippen LogP contribution in [0.15, 0.2) is 0 Å². The quantitative estimate of drug-likeness (QED) is 0.0527. The second kappa shape index (κ2) is 21.8. The third kappa shape index (κ3) is 17.7. The summed E-state index contributed by atoms with van der Waals surface area (Å²) in [6.45, 7) is 1.18. The Labute approximate surface area is 279 Å². The van der Waals surface area contributed by atoms with Crippen molar-refractivity contribution in [2.75, 3.05) is 32.7 Å².